The number of methoxy groups -OCH3 is 1. The van der Waals surface area contributed by atoms with Crippen LogP contribution in [0.15, 0.2) is 82.6 Å². The van der Waals surface area contributed by atoms with E-state index in [4.69, 9.17) is 9.47 Å². The molecule has 3 aromatic carbocycles. The quantitative estimate of drug-likeness (QED) is 0.188. The topological polar surface area (TPSA) is 124 Å². The molecule has 3 amide bonds. The lowest BCUT2D eigenvalue weighted by atomic mass is 9.83. The van der Waals surface area contributed by atoms with Gasteiger partial charge >= 0.3 is 17.0 Å². The highest BCUT2D eigenvalue weighted by molar-refractivity contribution is 8.00. The number of thiazole rings is 1. The van der Waals surface area contributed by atoms with Gasteiger partial charge in [-0.25, -0.2) is 9.69 Å². The zero-order valence-electron chi connectivity index (χ0n) is 25.3. The van der Waals surface area contributed by atoms with Crippen molar-refractivity contribution in [3.63, 3.8) is 0 Å². The first-order chi connectivity index (χ1) is 22.9. The van der Waals surface area contributed by atoms with Gasteiger partial charge in [-0.1, -0.05) is 41.3 Å². The molecule has 0 saturated carbocycles. The summed E-state index contributed by atoms with van der Waals surface area (Å²) in [5, 5.41) is 1.91. The molecule has 48 heavy (non-hydrogen) atoms. The van der Waals surface area contributed by atoms with E-state index in [2.05, 4.69) is 5.32 Å². The van der Waals surface area contributed by atoms with E-state index in [0.29, 0.717) is 32.5 Å². The molecule has 0 aliphatic carbocycles. The van der Waals surface area contributed by atoms with Crippen molar-refractivity contribution in [3.05, 3.63) is 104 Å². The number of aromatic nitrogens is 1. The van der Waals surface area contributed by atoms with E-state index in [9.17, 15) is 37.1 Å². The number of fused-ring (bicyclic) bond motifs is 2. The molecular weight excluding hydrogens is 672 g/mol. The average Bonchev–Trinajstić information content (AvgIpc) is 3.51. The van der Waals surface area contributed by atoms with Crippen molar-refractivity contribution < 1.29 is 41.8 Å². The number of anilines is 2. The number of carbonyl (C=O) groups excluding carboxylic acids is 4. The van der Waals surface area contributed by atoms with Gasteiger partial charge in [0.15, 0.2) is 0 Å². The lowest BCUT2D eigenvalue weighted by Crippen LogP contribution is -2.33. The maximum Gasteiger partial charge on any atom is 0.416 e. The molecule has 1 saturated heterocycles. The molecule has 6 rings (SSSR count). The third kappa shape index (κ3) is 6.10. The average molecular weight is 698 g/mol. The van der Waals surface area contributed by atoms with Crippen LogP contribution in [0.25, 0.3) is 0 Å². The van der Waals surface area contributed by atoms with E-state index in [1.807, 2.05) is 0 Å². The molecule has 0 radical (unpaired) electrons. The Morgan fingerprint density at radius 1 is 0.958 bits per heavy atom. The predicted molar refractivity (Wildman–Crippen MR) is 172 cm³/mol. The van der Waals surface area contributed by atoms with Crippen molar-refractivity contribution in [2.75, 3.05) is 23.9 Å². The highest BCUT2D eigenvalue weighted by Crippen LogP contribution is 2.54. The van der Waals surface area contributed by atoms with E-state index in [1.165, 1.54) is 42.0 Å². The molecule has 0 unspecified atom stereocenters. The molecule has 3 heterocycles. The highest BCUT2D eigenvalue weighted by Gasteiger charge is 2.57. The molecule has 1 fully saturated rings. The SMILES string of the molecule is CCOC(=O)c1ccc(NC(=O)Cn2c3c(sc2=O)[C@@H](c2ccc(OC)cc2)[C@H]2C(=O)N(c4cccc(C(F)(F)F)c4)C(=O)[C@H]2S3)cc1. The Morgan fingerprint density at radius 3 is 2.31 bits per heavy atom. The number of halogens is 3. The van der Waals surface area contributed by atoms with Crippen LogP contribution >= 0.6 is 23.1 Å². The molecule has 0 bridgehead atoms. The molecule has 1 N–H and O–H groups in total. The van der Waals surface area contributed by atoms with Gasteiger partial charge in [-0.3, -0.25) is 23.7 Å². The monoisotopic (exact) mass is 697 g/mol. The Balaban J connectivity index is 1.35. The van der Waals surface area contributed by atoms with Crippen molar-refractivity contribution in [2.24, 2.45) is 5.92 Å². The number of nitrogens with one attached hydrogen (secondary N) is 1. The molecule has 4 aromatic rings. The Labute approximate surface area is 279 Å². The summed E-state index contributed by atoms with van der Waals surface area (Å²) >= 11 is 1.78. The third-order valence-electron chi connectivity index (χ3n) is 7.94. The van der Waals surface area contributed by atoms with E-state index in [1.54, 1.807) is 31.2 Å². The fraction of sp³-hybridized carbons (Fsp3) is 0.242. The standard InChI is InChI=1S/C33H26F3N3O7S2/c1-3-46-31(43)18-7-11-20(12-8-18)37-23(40)16-38-30-27(48-32(38)44)24(17-9-13-22(45-2)14-10-17)25-26(47-30)29(42)39(28(25)41)21-6-4-5-19(15-21)33(34,35)36/h4-15,24-26H,3,16H2,1-2H3,(H,37,40)/t24-,25+,26-/m0/s1. The largest absolute Gasteiger partial charge is 0.497 e. The number of hydrogen-bond acceptors (Lipinski definition) is 9. The molecule has 2 aliphatic heterocycles. The summed E-state index contributed by atoms with van der Waals surface area (Å²) in [6.45, 7) is 1.46. The summed E-state index contributed by atoms with van der Waals surface area (Å²) in [4.78, 5) is 67.1. The van der Waals surface area contributed by atoms with Crippen LogP contribution in [-0.4, -0.2) is 47.2 Å². The van der Waals surface area contributed by atoms with Crippen LogP contribution in [-0.2, 0) is 31.8 Å². The van der Waals surface area contributed by atoms with Crippen molar-refractivity contribution in [1.82, 2.24) is 4.57 Å². The zero-order valence-corrected chi connectivity index (χ0v) is 26.9. The van der Waals surface area contributed by atoms with E-state index >= 15 is 0 Å². The van der Waals surface area contributed by atoms with Gasteiger partial charge in [0.2, 0.25) is 17.7 Å². The van der Waals surface area contributed by atoms with Gasteiger partial charge in [-0.2, -0.15) is 13.2 Å². The predicted octanol–water partition coefficient (Wildman–Crippen LogP) is 5.55. The van der Waals surface area contributed by atoms with Gasteiger partial charge in [0.25, 0.3) is 0 Å². The van der Waals surface area contributed by atoms with E-state index in [0.717, 1.165) is 46.2 Å². The van der Waals surface area contributed by atoms with Crippen molar-refractivity contribution in [2.45, 2.75) is 35.8 Å². The number of benzene rings is 3. The maximum atomic E-state index is 14.0. The first kappa shape index (κ1) is 33.0. The summed E-state index contributed by atoms with van der Waals surface area (Å²) in [6, 6.07) is 16.7. The molecule has 3 atom stereocenters. The second-order valence-corrected chi connectivity index (χ2v) is 13.0. The minimum atomic E-state index is -4.70. The summed E-state index contributed by atoms with van der Waals surface area (Å²) in [7, 11) is 1.48. The van der Waals surface area contributed by atoms with Crippen LogP contribution in [0.5, 0.6) is 5.75 Å². The first-order valence-corrected chi connectivity index (χ1v) is 16.3. The lowest BCUT2D eigenvalue weighted by Gasteiger charge is -2.30. The van der Waals surface area contributed by atoms with Crippen molar-refractivity contribution in [3.8, 4) is 5.75 Å². The summed E-state index contributed by atoms with van der Waals surface area (Å²) in [5.41, 5.74) is 0.0198. The molecule has 1 aromatic heterocycles. The molecule has 10 nitrogen and oxygen atoms in total. The normalized spacial score (nSPS) is 18.7. The van der Waals surface area contributed by atoms with Gasteiger partial charge < -0.3 is 14.8 Å². The Kier molecular flexibility index (Phi) is 8.92. The number of thioether (sulfide) groups is 1. The fourth-order valence-electron chi connectivity index (χ4n) is 5.75. The van der Waals surface area contributed by atoms with E-state index < -0.39 is 63.9 Å². The fourth-order valence-corrected chi connectivity index (χ4v) is 8.52. The number of rotatable bonds is 8. The van der Waals surface area contributed by atoms with Crippen LogP contribution in [0.1, 0.15) is 39.2 Å². The van der Waals surface area contributed by atoms with Crippen molar-refractivity contribution >= 4 is 58.2 Å². The second-order valence-electron chi connectivity index (χ2n) is 10.8. The highest BCUT2D eigenvalue weighted by atomic mass is 32.2. The Morgan fingerprint density at radius 2 is 1.67 bits per heavy atom. The van der Waals surface area contributed by atoms with Crippen molar-refractivity contribution in [1.29, 1.82) is 0 Å². The third-order valence-corrected chi connectivity index (χ3v) is 10.5. The number of nitrogens with zero attached hydrogens (tertiary/aromatic N) is 2. The first-order valence-electron chi connectivity index (χ1n) is 14.6. The maximum absolute atomic E-state index is 14.0. The summed E-state index contributed by atoms with van der Waals surface area (Å²) in [5.74, 6) is -3.84. The number of carbonyl (C=O) groups is 4. The molecule has 15 heteroatoms. The number of amides is 3. The second kappa shape index (κ2) is 13.0. The number of esters is 1. The molecule has 248 valence electrons. The number of alkyl halides is 3. The Bertz CT molecular complexity index is 1970. The zero-order chi connectivity index (χ0) is 34.3. The smallest absolute Gasteiger partial charge is 0.416 e. The summed E-state index contributed by atoms with van der Waals surface area (Å²) in [6.07, 6.45) is -4.70. The van der Waals surface area contributed by atoms with Crippen LogP contribution in [0.4, 0.5) is 24.5 Å². The minimum absolute atomic E-state index is 0.207. The number of ether oxygens (including phenoxy) is 2. The van der Waals surface area contributed by atoms with Gasteiger partial charge in [-0.15, -0.1) is 0 Å². The molecule has 0 spiro atoms. The van der Waals surface area contributed by atoms with E-state index in [-0.39, 0.29) is 12.3 Å². The lowest BCUT2D eigenvalue weighted by molar-refractivity contribution is -0.137. The van der Waals surface area contributed by atoms with Gasteiger partial charge in [0, 0.05) is 16.5 Å². The molecular formula is C33H26F3N3O7S2. The minimum Gasteiger partial charge on any atom is -0.497 e. The van der Waals surface area contributed by atoms with Gasteiger partial charge in [-0.05, 0) is 67.1 Å². The van der Waals surface area contributed by atoms with Crippen LogP contribution in [0.2, 0.25) is 0 Å². The van der Waals surface area contributed by atoms with Crippen LogP contribution in [0, 0.1) is 5.92 Å². The Hall–Kier alpha value is -4.89. The number of hydrogen-bond donors (Lipinski definition) is 1. The number of imide groups is 1. The van der Waals surface area contributed by atoms with Crippen LogP contribution < -0.4 is 19.8 Å². The van der Waals surface area contributed by atoms with Gasteiger partial charge in [0.1, 0.15) is 17.5 Å². The van der Waals surface area contributed by atoms with Crippen LogP contribution in [0.3, 0.4) is 0 Å². The molecule has 2 aliphatic rings. The van der Waals surface area contributed by atoms with Gasteiger partial charge in [0.05, 0.1) is 41.5 Å². The summed E-state index contributed by atoms with van der Waals surface area (Å²) < 4.78 is 52.1.